The van der Waals surface area contributed by atoms with E-state index in [9.17, 15) is 8.42 Å². The van der Waals surface area contributed by atoms with Gasteiger partial charge in [0.05, 0.1) is 0 Å². The van der Waals surface area contributed by atoms with Crippen LogP contribution in [0.3, 0.4) is 0 Å². The summed E-state index contributed by atoms with van der Waals surface area (Å²) in [6, 6.07) is 0. The Morgan fingerprint density at radius 2 is 2.05 bits per heavy atom. The third-order valence-corrected chi connectivity index (χ3v) is 5.54. The number of nitrogens with zero attached hydrogens (tertiary/aromatic N) is 1. The molecule has 6 nitrogen and oxygen atoms in total. The molecule has 1 aliphatic carbocycles. The summed E-state index contributed by atoms with van der Waals surface area (Å²) in [5.41, 5.74) is 5.63. The monoisotopic (exact) mass is 305 g/mol. The molecule has 1 heterocycles. The highest BCUT2D eigenvalue weighted by Gasteiger charge is 2.27. The lowest BCUT2D eigenvalue weighted by Crippen LogP contribution is -2.47. The summed E-state index contributed by atoms with van der Waals surface area (Å²) in [5.74, 6) is 1.05. The topological polar surface area (TPSA) is 84.7 Å². The molecule has 1 saturated carbocycles. The average Bonchev–Trinajstić information content (AvgIpc) is 3.27. The Hall–Kier alpha value is -0.210. The first-order valence-electron chi connectivity index (χ1n) is 7.64. The van der Waals surface area contributed by atoms with Gasteiger partial charge in [-0.1, -0.05) is 0 Å². The second kappa shape index (κ2) is 7.70. The van der Waals surface area contributed by atoms with Crippen molar-refractivity contribution in [2.75, 3.05) is 39.4 Å². The van der Waals surface area contributed by atoms with E-state index < -0.39 is 10.2 Å². The number of hydrogen-bond acceptors (Lipinski definition) is 4. The average molecular weight is 305 g/mol. The summed E-state index contributed by atoms with van der Waals surface area (Å²) in [4.78, 5) is 0. The van der Waals surface area contributed by atoms with Crippen molar-refractivity contribution in [2.45, 2.75) is 32.1 Å². The van der Waals surface area contributed by atoms with Gasteiger partial charge in [0.1, 0.15) is 0 Å². The molecule has 0 amide bonds. The van der Waals surface area contributed by atoms with E-state index in [0.717, 1.165) is 31.8 Å². The van der Waals surface area contributed by atoms with Crippen LogP contribution in [0.25, 0.3) is 0 Å². The smallest absolute Gasteiger partial charge is 0.279 e. The van der Waals surface area contributed by atoms with E-state index in [1.807, 2.05) is 0 Å². The van der Waals surface area contributed by atoms with Crippen LogP contribution in [0, 0.1) is 11.8 Å². The quantitative estimate of drug-likeness (QED) is 0.600. The maximum atomic E-state index is 12.1. The molecule has 118 valence electrons. The minimum absolute atomic E-state index is 0.294. The fraction of sp³-hybridized carbons (Fsp3) is 1.00. The van der Waals surface area contributed by atoms with Gasteiger partial charge in [-0.05, 0) is 50.5 Å². The van der Waals surface area contributed by atoms with Gasteiger partial charge in [0.15, 0.2) is 0 Å². The standard InChI is InChI=1S/C13H27N3O3S/c14-9-13-3-1-7-16(10-13)20(17,18)15-6-2-8-19-11-12-4-5-12/h12-13,15H,1-11,14H2. The van der Waals surface area contributed by atoms with E-state index in [2.05, 4.69) is 4.72 Å². The van der Waals surface area contributed by atoms with Crippen molar-refractivity contribution in [1.82, 2.24) is 9.03 Å². The van der Waals surface area contributed by atoms with E-state index >= 15 is 0 Å². The molecule has 0 aromatic heterocycles. The zero-order valence-electron chi connectivity index (χ0n) is 12.1. The van der Waals surface area contributed by atoms with Gasteiger partial charge in [0.25, 0.3) is 10.2 Å². The summed E-state index contributed by atoms with van der Waals surface area (Å²) in [5, 5.41) is 0. The minimum atomic E-state index is -3.35. The van der Waals surface area contributed by atoms with Crippen molar-refractivity contribution in [1.29, 1.82) is 0 Å². The summed E-state index contributed by atoms with van der Waals surface area (Å²) in [7, 11) is -3.35. The van der Waals surface area contributed by atoms with Crippen LogP contribution in [-0.2, 0) is 14.9 Å². The highest BCUT2D eigenvalue weighted by Crippen LogP contribution is 2.28. The van der Waals surface area contributed by atoms with E-state index in [4.69, 9.17) is 10.5 Å². The Morgan fingerprint density at radius 1 is 1.25 bits per heavy atom. The van der Waals surface area contributed by atoms with Crippen molar-refractivity contribution in [3.63, 3.8) is 0 Å². The molecule has 0 radical (unpaired) electrons. The lowest BCUT2D eigenvalue weighted by molar-refractivity contribution is 0.123. The first kappa shape index (κ1) is 16.2. The fourth-order valence-corrected chi connectivity index (χ4v) is 3.80. The van der Waals surface area contributed by atoms with Crippen LogP contribution in [0.4, 0.5) is 0 Å². The molecule has 1 unspecified atom stereocenters. The number of hydrogen-bond donors (Lipinski definition) is 2. The maximum Gasteiger partial charge on any atom is 0.279 e. The van der Waals surface area contributed by atoms with E-state index in [0.29, 0.717) is 38.7 Å². The van der Waals surface area contributed by atoms with Gasteiger partial charge in [0, 0.05) is 32.8 Å². The van der Waals surface area contributed by atoms with Crippen molar-refractivity contribution >= 4 is 10.2 Å². The molecule has 2 fully saturated rings. The van der Waals surface area contributed by atoms with Gasteiger partial charge in [0.2, 0.25) is 0 Å². The zero-order chi connectivity index (χ0) is 14.4. The van der Waals surface area contributed by atoms with E-state index in [-0.39, 0.29) is 0 Å². The first-order valence-corrected chi connectivity index (χ1v) is 9.08. The van der Waals surface area contributed by atoms with E-state index in [1.165, 1.54) is 17.1 Å². The Bertz CT molecular complexity index is 384. The summed E-state index contributed by atoms with van der Waals surface area (Å²) in [6.45, 7) is 3.60. The lowest BCUT2D eigenvalue weighted by atomic mass is 10.0. The van der Waals surface area contributed by atoms with Gasteiger partial charge in [-0.2, -0.15) is 12.7 Å². The molecule has 3 N–H and O–H groups in total. The van der Waals surface area contributed by atoms with Crippen LogP contribution < -0.4 is 10.5 Å². The molecular formula is C13H27N3O3S. The van der Waals surface area contributed by atoms with Crippen LogP contribution in [0.15, 0.2) is 0 Å². The van der Waals surface area contributed by atoms with Crippen molar-refractivity contribution in [3.05, 3.63) is 0 Å². The largest absolute Gasteiger partial charge is 0.381 e. The molecule has 0 aromatic carbocycles. The van der Waals surface area contributed by atoms with Gasteiger partial charge < -0.3 is 10.5 Å². The number of nitrogens with one attached hydrogen (secondary N) is 1. The first-order chi connectivity index (χ1) is 9.62. The van der Waals surface area contributed by atoms with Crippen molar-refractivity contribution in [2.24, 2.45) is 17.6 Å². The highest BCUT2D eigenvalue weighted by molar-refractivity contribution is 7.87. The molecule has 1 atom stereocenters. The van der Waals surface area contributed by atoms with Gasteiger partial charge in [-0.15, -0.1) is 0 Å². The molecule has 2 aliphatic rings. The van der Waals surface area contributed by atoms with Crippen LogP contribution in [-0.4, -0.2) is 52.1 Å². The van der Waals surface area contributed by atoms with E-state index in [1.54, 1.807) is 0 Å². The second-order valence-corrected chi connectivity index (χ2v) is 7.63. The number of nitrogens with two attached hydrogens (primary N) is 1. The SMILES string of the molecule is NCC1CCCN(S(=O)(=O)NCCCOCC2CC2)C1. The summed E-state index contributed by atoms with van der Waals surface area (Å²) >= 11 is 0. The molecule has 2 rings (SSSR count). The normalized spacial score (nSPS) is 24.9. The third kappa shape index (κ3) is 5.29. The number of ether oxygens (including phenoxy) is 1. The Kier molecular flexibility index (Phi) is 6.22. The van der Waals surface area contributed by atoms with Gasteiger partial charge in [-0.25, -0.2) is 4.72 Å². The van der Waals surface area contributed by atoms with Crippen LogP contribution >= 0.6 is 0 Å². The molecular weight excluding hydrogens is 278 g/mol. The molecule has 7 heteroatoms. The Labute approximate surface area is 122 Å². The van der Waals surface area contributed by atoms with Crippen LogP contribution in [0.2, 0.25) is 0 Å². The lowest BCUT2D eigenvalue weighted by Gasteiger charge is -2.31. The molecule has 1 aliphatic heterocycles. The Morgan fingerprint density at radius 3 is 2.75 bits per heavy atom. The van der Waals surface area contributed by atoms with Crippen LogP contribution in [0.5, 0.6) is 0 Å². The zero-order valence-corrected chi connectivity index (χ0v) is 12.9. The van der Waals surface area contributed by atoms with Gasteiger partial charge >= 0.3 is 0 Å². The molecule has 20 heavy (non-hydrogen) atoms. The maximum absolute atomic E-state index is 12.1. The third-order valence-electron chi connectivity index (χ3n) is 3.96. The van der Waals surface area contributed by atoms with Gasteiger partial charge in [-0.3, -0.25) is 0 Å². The summed E-state index contributed by atoms with van der Waals surface area (Å²) < 4.78 is 33.9. The number of piperidine rings is 1. The highest BCUT2D eigenvalue weighted by atomic mass is 32.2. The Balaban J connectivity index is 1.61. The van der Waals surface area contributed by atoms with Crippen molar-refractivity contribution < 1.29 is 13.2 Å². The predicted octanol–water partition coefficient (Wildman–Crippen LogP) is 0.308. The molecule has 1 saturated heterocycles. The van der Waals surface area contributed by atoms with Crippen LogP contribution in [0.1, 0.15) is 32.1 Å². The number of rotatable bonds is 9. The minimum Gasteiger partial charge on any atom is -0.381 e. The second-order valence-electron chi connectivity index (χ2n) is 5.87. The fourth-order valence-electron chi connectivity index (χ4n) is 2.44. The molecule has 0 bridgehead atoms. The predicted molar refractivity (Wildman–Crippen MR) is 78.4 cm³/mol. The molecule has 0 aromatic rings. The summed E-state index contributed by atoms with van der Waals surface area (Å²) in [6.07, 6.45) is 5.21. The van der Waals surface area contributed by atoms with Crippen molar-refractivity contribution in [3.8, 4) is 0 Å². The molecule has 0 spiro atoms.